The Morgan fingerprint density at radius 3 is 1.94 bits per heavy atom. The van der Waals surface area contributed by atoms with Gasteiger partial charge in [0.15, 0.2) is 0 Å². The second-order valence-corrected chi connectivity index (χ2v) is 12.2. The number of halogens is 1. The number of para-hydroxylation sites is 2. The molecule has 4 saturated carbocycles. The van der Waals surface area contributed by atoms with Gasteiger partial charge in [-0.1, -0.05) is 50.2 Å². The Labute approximate surface area is 216 Å². The van der Waals surface area contributed by atoms with Crippen LogP contribution in [0.1, 0.15) is 52.4 Å². The number of nitrogens with zero attached hydrogens (tertiary/aromatic N) is 1. The molecule has 4 fully saturated rings. The fourth-order valence-electron chi connectivity index (χ4n) is 8.76. The number of hydrogen-bond acceptors (Lipinski definition) is 3. The molecule has 1 heterocycles. The summed E-state index contributed by atoms with van der Waals surface area (Å²) in [5, 5.41) is 6.59. The van der Waals surface area contributed by atoms with Gasteiger partial charge in [-0.3, -0.25) is 0 Å². The van der Waals surface area contributed by atoms with Crippen molar-refractivity contribution in [3.63, 3.8) is 0 Å². The number of nitrogens with one attached hydrogen (secondary N) is 1. The molecule has 4 aliphatic carbocycles. The second kappa shape index (κ2) is 9.70. The zero-order valence-corrected chi connectivity index (χ0v) is 22.2. The molecule has 5 heteroatoms. The predicted molar refractivity (Wildman–Crippen MR) is 146 cm³/mol. The van der Waals surface area contributed by atoms with Crippen molar-refractivity contribution in [3.05, 3.63) is 48.5 Å². The summed E-state index contributed by atoms with van der Waals surface area (Å²) in [6, 6.07) is 17.3. The van der Waals surface area contributed by atoms with Crippen molar-refractivity contribution in [1.29, 1.82) is 0 Å². The zero-order valence-electron chi connectivity index (χ0n) is 21.4. The van der Waals surface area contributed by atoms with E-state index in [2.05, 4.69) is 72.3 Å². The van der Waals surface area contributed by atoms with E-state index in [0.29, 0.717) is 36.2 Å². The smallest absolute Gasteiger partial charge is 0.0701 e. The molecule has 4 nitrogen and oxygen atoms in total. The lowest BCUT2D eigenvalue weighted by atomic mass is 9.43. The molecule has 4 aliphatic rings. The highest BCUT2D eigenvalue weighted by atomic mass is 35.5. The molecule has 190 valence electrons. The number of ether oxygens (including phenoxy) is 2. The monoisotopic (exact) mass is 496 g/mol. The van der Waals surface area contributed by atoms with Gasteiger partial charge in [-0.25, -0.2) is 0 Å². The first kappa shape index (κ1) is 25.1. The number of hydrogen-bond donors (Lipinski definition) is 1. The summed E-state index contributed by atoms with van der Waals surface area (Å²) in [7, 11) is 0. The average molecular weight is 497 g/mol. The van der Waals surface area contributed by atoms with Gasteiger partial charge in [-0.05, 0) is 67.4 Å². The van der Waals surface area contributed by atoms with Crippen LogP contribution in [0.2, 0.25) is 0 Å². The molecule has 7 rings (SSSR count). The van der Waals surface area contributed by atoms with Gasteiger partial charge in [0.05, 0.1) is 26.4 Å². The quantitative estimate of drug-likeness (QED) is 0.321. The van der Waals surface area contributed by atoms with Crippen LogP contribution in [0.15, 0.2) is 48.5 Å². The van der Waals surface area contributed by atoms with Crippen LogP contribution in [0.25, 0.3) is 21.8 Å². The largest absolute Gasteiger partial charge is 0.378 e. The third-order valence-corrected chi connectivity index (χ3v) is 8.88. The van der Waals surface area contributed by atoms with Crippen molar-refractivity contribution < 1.29 is 9.47 Å². The zero-order chi connectivity index (χ0) is 23.2. The Morgan fingerprint density at radius 1 is 0.771 bits per heavy atom. The molecular weight excluding hydrogens is 456 g/mol. The lowest BCUT2D eigenvalue weighted by molar-refractivity contribution is -0.118. The van der Waals surface area contributed by atoms with Crippen molar-refractivity contribution >= 4 is 34.2 Å². The van der Waals surface area contributed by atoms with Gasteiger partial charge in [-0.15, -0.1) is 12.4 Å². The normalized spacial score (nSPS) is 31.3. The predicted octanol–water partition coefficient (Wildman–Crippen LogP) is 6.59. The van der Waals surface area contributed by atoms with Crippen molar-refractivity contribution in [2.45, 2.75) is 64.5 Å². The molecule has 0 aliphatic heterocycles. The maximum absolute atomic E-state index is 5.95. The summed E-state index contributed by atoms with van der Waals surface area (Å²) < 4.78 is 14.3. The molecule has 2 atom stereocenters. The van der Waals surface area contributed by atoms with Crippen molar-refractivity contribution in [2.24, 2.45) is 16.7 Å². The van der Waals surface area contributed by atoms with E-state index in [-0.39, 0.29) is 12.4 Å². The topological polar surface area (TPSA) is 35.4 Å². The van der Waals surface area contributed by atoms with E-state index in [1.165, 1.54) is 60.3 Å². The fourth-order valence-corrected chi connectivity index (χ4v) is 8.76. The van der Waals surface area contributed by atoms with Crippen LogP contribution in [0.4, 0.5) is 0 Å². The molecule has 3 aromatic rings. The molecule has 2 aromatic carbocycles. The molecule has 2 unspecified atom stereocenters. The third-order valence-electron chi connectivity index (χ3n) is 8.88. The summed E-state index contributed by atoms with van der Waals surface area (Å²) in [4.78, 5) is 0. The van der Waals surface area contributed by atoms with Gasteiger partial charge in [0.25, 0.3) is 0 Å². The summed E-state index contributed by atoms with van der Waals surface area (Å²) in [5.74, 6) is 0.933. The van der Waals surface area contributed by atoms with E-state index in [4.69, 9.17) is 9.47 Å². The van der Waals surface area contributed by atoms with Gasteiger partial charge in [0.2, 0.25) is 0 Å². The van der Waals surface area contributed by atoms with Gasteiger partial charge in [-0.2, -0.15) is 0 Å². The molecule has 4 bridgehead atoms. The van der Waals surface area contributed by atoms with E-state index in [0.717, 1.165) is 25.6 Å². The first-order chi connectivity index (χ1) is 16.5. The lowest BCUT2D eigenvalue weighted by Gasteiger charge is -2.65. The minimum absolute atomic E-state index is 0. The number of rotatable bonds is 10. The van der Waals surface area contributed by atoms with E-state index in [1.807, 2.05) is 0 Å². The highest BCUT2D eigenvalue weighted by molar-refractivity contribution is 6.07. The van der Waals surface area contributed by atoms with Crippen LogP contribution in [0.3, 0.4) is 0 Å². The Hall–Kier alpha value is -1.59. The lowest BCUT2D eigenvalue weighted by Crippen LogP contribution is -2.64. The number of benzene rings is 2. The average Bonchev–Trinajstić information content (AvgIpc) is 3.09. The molecule has 1 N–H and O–H groups in total. The molecule has 1 aromatic heterocycles. The van der Waals surface area contributed by atoms with Crippen molar-refractivity contribution in [2.75, 3.05) is 33.0 Å². The standard InChI is InChI=1S/C30H40N2O2.ClH/c1-28-17-23-18-29(2,20-28)22-30(19-23,21-28)31-11-13-33-15-16-34-14-12-32-26-9-5-3-7-24(26)25-8-4-6-10-27(25)32;/h3-10,23,31H,11-22H2,1-2H3;1H. The van der Waals surface area contributed by atoms with Crippen molar-refractivity contribution in [3.8, 4) is 0 Å². The third kappa shape index (κ3) is 4.87. The van der Waals surface area contributed by atoms with Crippen LogP contribution >= 0.6 is 12.4 Å². The summed E-state index contributed by atoms with van der Waals surface area (Å²) in [6.45, 7) is 9.69. The van der Waals surface area contributed by atoms with E-state index >= 15 is 0 Å². The Balaban J connectivity index is 0.00000253. The van der Waals surface area contributed by atoms with E-state index in [9.17, 15) is 0 Å². The minimum atomic E-state index is 0. The molecule has 0 amide bonds. The molecule has 0 spiro atoms. The van der Waals surface area contributed by atoms with Crippen LogP contribution in [-0.4, -0.2) is 43.1 Å². The minimum Gasteiger partial charge on any atom is -0.378 e. The van der Waals surface area contributed by atoms with Gasteiger partial charge in [0.1, 0.15) is 0 Å². The highest BCUT2D eigenvalue weighted by Crippen LogP contribution is 2.66. The first-order valence-corrected chi connectivity index (χ1v) is 13.3. The van der Waals surface area contributed by atoms with Crippen LogP contribution in [-0.2, 0) is 16.0 Å². The maximum atomic E-state index is 5.95. The van der Waals surface area contributed by atoms with Gasteiger partial charge >= 0.3 is 0 Å². The summed E-state index contributed by atoms with van der Waals surface area (Å²) in [6.07, 6.45) is 8.44. The highest BCUT2D eigenvalue weighted by Gasteiger charge is 2.59. The van der Waals surface area contributed by atoms with Gasteiger partial charge in [0, 0.05) is 40.4 Å². The molecule has 0 radical (unpaired) electrons. The SMILES string of the molecule is CC12CC3CC(C)(C1)CC(NCCOCCOCCn1c4ccccc4c4ccccc41)(C3)C2.Cl. The molecule has 0 saturated heterocycles. The Kier molecular flexibility index (Phi) is 6.95. The second-order valence-electron chi connectivity index (χ2n) is 12.2. The molecular formula is C30H41ClN2O2. The Bertz CT molecular complexity index is 1100. The first-order valence-electron chi connectivity index (χ1n) is 13.3. The van der Waals surface area contributed by atoms with Crippen molar-refractivity contribution in [1.82, 2.24) is 9.88 Å². The van der Waals surface area contributed by atoms with Crippen LogP contribution < -0.4 is 5.32 Å². The van der Waals surface area contributed by atoms with Crippen LogP contribution in [0.5, 0.6) is 0 Å². The van der Waals surface area contributed by atoms with E-state index < -0.39 is 0 Å². The van der Waals surface area contributed by atoms with E-state index in [1.54, 1.807) is 0 Å². The van der Waals surface area contributed by atoms with Gasteiger partial charge < -0.3 is 19.4 Å². The maximum Gasteiger partial charge on any atom is 0.0701 e. The summed E-state index contributed by atoms with van der Waals surface area (Å²) >= 11 is 0. The number of fused-ring (bicyclic) bond motifs is 3. The number of aromatic nitrogens is 1. The molecule has 35 heavy (non-hydrogen) atoms. The van der Waals surface area contributed by atoms with Crippen LogP contribution in [0, 0.1) is 16.7 Å². The fraction of sp³-hybridized carbons (Fsp3) is 0.600. The summed E-state index contributed by atoms with van der Waals surface area (Å²) in [5.41, 5.74) is 4.05. The Morgan fingerprint density at radius 2 is 1.34 bits per heavy atom.